The van der Waals surface area contributed by atoms with Gasteiger partial charge in [0.15, 0.2) is 5.40 Å². The van der Waals surface area contributed by atoms with Gasteiger partial charge in [0, 0.05) is 18.9 Å². The minimum Gasteiger partial charge on any atom is -0.393 e. The summed E-state index contributed by atoms with van der Waals surface area (Å²) in [5, 5.41) is 10.7. The summed E-state index contributed by atoms with van der Waals surface area (Å²) in [5.74, 6) is -0.774. The highest BCUT2D eigenvalue weighted by Crippen LogP contribution is 2.62. The van der Waals surface area contributed by atoms with E-state index in [-0.39, 0.29) is 11.9 Å². The van der Waals surface area contributed by atoms with Crippen LogP contribution in [-0.2, 0) is 13.9 Å². The first kappa shape index (κ1) is 19.8. The van der Waals surface area contributed by atoms with Gasteiger partial charge in [-0.05, 0) is 19.3 Å². The summed E-state index contributed by atoms with van der Waals surface area (Å²) in [6.45, 7) is 1.33. The Morgan fingerprint density at radius 3 is 2.09 bits per heavy atom. The zero-order valence-corrected chi connectivity index (χ0v) is 14.0. The molecular formula is C11H23NO8P2. The maximum atomic E-state index is 11.3. The minimum atomic E-state index is -5.06. The summed E-state index contributed by atoms with van der Waals surface area (Å²) in [4.78, 5) is 47.6. The Balaban J connectivity index is 2.87. The lowest BCUT2D eigenvalue weighted by atomic mass is 9.80. The molecule has 1 saturated carbocycles. The van der Waals surface area contributed by atoms with Crippen molar-refractivity contribution in [1.82, 2.24) is 5.32 Å². The molecule has 1 fully saturated rings. The summed E-state index contributed by atoms with van der Waals surface area (Å²) in [6.07, 6.45) is 0.708. The molecule has 0 heterocycles. The van der Waals surface area contributed by atoms with Crippen molar-refractivity contribution in [3.63, 3.8) is 0 Å². The maximum absolute atomic E-state index is 11.3. The second kappa shape index (κ2) is 7.53. The average molecular weight is 359 g/mol. The Kier molecular flexibility index (Phi) is 6.77. The molecule has 0 spiro atoms. The highest BCUT2D eigenvalue weighted by molar-refractivity contribution is 7.70. The van der Waals surface area contributed by atoms with E-state index in [1.807, 2.05) is 0 Å². The molecular weight excluding hydrogens is 336 g/mol. The molecule has 9 nitrogen and oxygen atoms in total. The molecule has 6 N–H and O–H groups in total. The van der Waals surface area contributed by atoms with E-state index in [1.165, 1.54) is 6.92 Å². The number of aliphatic hydroxyl groups is 1. The molecule has 0 bridgehead atoms. The third kappa shape index (κ3) is 5.74. The molecule has 1 amide bonds. The van der Waals surface area contributed by atoms with Crippen molar-refractivity contribution in [2.45, 2.75) is 56.6 Å². The van der Waals surface area contributed by atoms with Crippen molar-refractivity contribution in [3.8, 4) is 0 Å². The number of rotatable bonds is 6. The van der Waals surface area contributed by atoms with Gasteiger partial charge in [-0.2, -0.15) is 0 Å². The predicted octanol–water partition coefficient (Wildman–Crippen LogP) is 0.114. The Hall–Kier alpha value is -0.270. The normalized spacial score (nSPS) is 25.0. The number of carbonyl (C=O) groups excluding carboxylic acids is 1. The van der Waals surface area contributed by atoms with Crippen LogP contribution in [0.25, 0.3) is 0 Å². The van der Waals surface area contributed by atoms with Gasteiger partial charge in [-0.3, -0.25) is 13.9 Å². The molecule has 3 unspecified atom stereocenters. The fourth-order valence-electron chi connectivity index (χ4n) is 2.92. The van der Waals surface area contributed by atoms with Crippen LogP contribution in [-0.4, -0.2) is 48.1 Å². The summed E-state index contributed by atoms with van der Waals surface area (Å²) < 4.78 is 22.6. The summed E-state index contributed by atoms with van der Waals surface area (Å²) in [7, 11) is -10.1. The largest absolute Gasteiger partial charge is 0.393 e. The second-order valence-corrected chi connectivity index (χ2v) is 9.73. The molecule has 130 valence electrons. The van der Waals surface area contributed by atoms with Gasteiger partial charge in [-0.25, -0.2) is 0 Å². The van der Waals surface area contributed by atoms with Gasteiger partial charge in [-0.1, -0.05) is 12.8 Å². The van der Waals surface area contributed by atoms with Crippen LogP contribution in [0.4, 0.5) is 0 Å². The predicted molar refractivity (Wildman–Crippen MR) is 78.1 cm³/mol. The van der Waals surface area contributed by atoms with E-state index in [4.69, 9.17) is 19.6 Å². The molecule has 11 heteroatoms. The van der Waals surface area contributed by atoms with Gasteiger partial charge in [0.2, 0.25) is 5.91 Å². The van der Waals surface area contributed by atoms with Crippen LogP contribution in [0.1, 0.15) is 39.0 Å². The first-order chi connectivity index (χ1) is 9.93. The minimum absolute atomic E-state index is 0.286. The van der Waals surface area contributed by atoms with Gasteiger partial charge in [0.05, 0.1) is 6.10 Å². The quantitative estimate of drug-likeness (QED) is 0.364. The van der Waals surface area contributed by atoms with E-state index in [0.717, 1.165) is 12.8 Å². The van der Waals surface area contributed by atoms with Crippen LogP contribution < -0.4 is 5.32 Å². The number of amides is 1. The monoisotopic (exact) mass is 359 g/mol. The zero-order chi connectivity index (χ0) is 17.1. The van der Waals surface area contributed by atoms with E-state index >= 15 is 0 Å². The van der Waals surface area contributed by atoms with E-state index in [2.05, 4.69) is 5.32 Å². The Morgan fingerprint density at radius 1 is 1.14 bits per heavy atom. The van der Waals surface area contributed by atoms with E-state index in [1.54, 1.807) is 0 Å². The molecule has 0 aromatic heterocycles. The topological polar surface area (TPSA) is 164 Å². The van der Waals surface area contributed by atoms with Gasteiger partial charge < -0.3 is 30.0 Å². The van der Waals surface area contributed by atoms with Crippen molar-refractivity contribution in [2.75, 3.05) is 0 Å². The lowest BCUT2D eigenvalue weighted by Gasteiger charge is -2.36. The van der Waals surface area contributed by atoms with Crippen LogP contribution in [0.5, 0.6) is 0 Å². The van der Waals surface area contributed by atoms with Crippen LogP contribution >= 0.6 is 15.2 Å². The second-order valence-electron chi connectivity index (χ2n) is 5.72. The van der Waals surface area contributed by atoms with Crippen molar-refractivity contribution in [2.24, 2.45) is 5.92 Å². The average Bonchev–Trinajstić information content (AvgIpc) is 2.32. The first-order valence-corrected chi connectivity index (χ1v) is 10.3. The number of nitrogens with one attached hydrogen (secondary N) is 1. The lowest BCUT2D eigenvalue weighted by molar-refractivity contribution is -0.120. The highest BCUT2D eigenvalue weighted by atomic mass is 31.2. The highest BCUT2D eigenvalue weighted by Gasteiger charge is 2.46. The first-order valence-electron chi connectivity index (χ1n) is 6.98. The summed E-state index contributed by atoms with van der Waals surface area (Å²) in [5.41, 5.74) is 0. The van der Waals surface area contributed by atoms with E-state index in [0.29, 0.717) is 12.8 Å². The molecule has 1 rings (SSSR count). The van der Waals surface area contributed by atoms with Crippen LogP contribution in [0.2, 0.25) is 0 Å². The molecule has 3 atom stereocenters. The Morgan fingerprint density at radius 2 is 1.64 bits per heavy atom. The number of carbonyl (C=O) groups is 1. The van der Waals surface area contributed by atoms with E-state index in [9.17, 15) is 19.0 Å². The molecule has 1 aliphatic rings. The zero-order valence-electron chi connectivity index (χ0n) is 12.2. The third-order valence-corrected chi connectivity index (χ3v) is 7.71. The molecule has 0 aromatic rings. The van der Waals surface area contributed by atoms with Crippen molar-refractivity contribution in [1.29, 1.82) is 0 Å². The number of aliphatic hydroxyl groups excluding tert-OH is 1. The van der Waals surface area contributed by atoms with Crippen molar-refractivity contribution in [3.05, 3.63) is 0 Å². The van der Waals surface area contributed by atoms with Gasteiger partial charge in [0.1, 0.15) is 0 Å². The SMILES string of the molecule is CC(=O)NC1CCCCC1C(O)CC(P(=O)(O)O)P(=O)(O)O. The van der Waals surface area contributed by atoms with Crippen LogP contribution in [0, 0.1) is 5.92 Å². The third-order valence-electron chi connectivity index (χ3n) is 3.93. The molecule has 0 radical (unpaired) electrons. The molecule has 1 aliphatic carbocycles. The maximum Gasteiger partial charge on any atom is 0.340 e. The van der Waals surface area contributed by atoms with Crippen molar-refractivity contribution >= 4 is 21.1 Å². The lowest BCUT2D eigenvalue weighted by Crippen LogP contribution is -2.46. The molecule has 0 saturated heterocycles. The fourth-order valence-corrected chi connectivity index (χ4v) is 5.47. The van der Waals surface area contributed by atoms with Crippen LogP contribution in [0.3, 0.4) is 0 Å². The molecule has 0 aliphatic heterocycles. The summed E-state index contributed by atoms with van der Waals surface area (Å²) >= 11 is 0. The summed E-state index contributed by atoms with van der Waals surface area (Å²) in [6, 6.07) is -0.365. The Labute approximate surface area is 128 Å². The van der Waals surface area contributed by atoms with E-state index < -0.39 is 39.0 Å². The van der Waals surface area contributed by atoms with Gasteiger partial charge in [-0.15, -0.1) is 0 Å². The smallest absolute Gasteiger partial charge is 0.340 e. The Bertz CT molecular complexity index is 464. The molecule has 22 heavy (non-hydrogen) atoms. The number of hydrogen-bond acceptors (Lipinski definition) is 4. The molecule has 0 aromatic carbocycles. The van der Waals surface area contributed by atoms with Crippen molar-refractivity contribution < 1.29 is 38.6 Å². The van der Waals surface area contributed by atoms with Gasteiger partial charge >= 0.3 is 15.2 Å². The van der Waals surface area contributed by atoms with Gasteiger partial charge in [0.25, 0.3) is 0 Å². The standard InChI is InChI=1S/C11H23NO8P2/c1-7(13)12-9-5-3-2-4-8(9)10(14)6-11(21(15,16)17)22(18,19)20/h8-11,14H,2-6H2,1H3,(H,12,13)(H2,15,16,17)(H2,18,19,20). The van der Waals surface area contributed by atoms with Crippen LogP contribution in [0.15, 0.2) is 0 Å². The number of hydrogen-bond donors (Lipinski definition) is 6. The fraction of sp³-hybridized carbons (Fsp3) is 0.909.